The van der Waals surface area contributed by atoms with E-state index in [4.69, 9.17) is 38.4 Å². The summed E-state index contributed by atoms with van der Waals surface area (Å²) in [5.74, 6) is 1.08. The predicted octanol–water partition coefficient (Wildman–Crippen LogP) is 4.56. The van der Waals surface area contributed by atoms with Gasteiger partial charge in [0.1, 0.15) is 5.75 Å². The molecule has 2 aromatic carbocycles. The molecule has 0 aromatic heterocycles. The summed E-state index contributed by atoms with van der Waals surface area (Å²) >= 11 is 12.2. The second-order valence-electron chi connectivity index (χ2n) is 4.30. The zero-order valence-corrected chi connectivity index (χ0v) is 12.5. The molecule has 2 aromatic rings. The van der Waals surface area contributed by atoms with Gasteiger partial charge in [-0.05, 0) is 36.2 Å². The summed E-state index contributed by atoms with van der Waals surface area (Å²) < 4.78 is 10.7. The Morgan fingerprint density at radius 1 is 1.05 bits per heavy atom. The van der Waals surface area contributed by atoms with Crippen LogP contribution in [-0.2, 0) is 11.2 Å². The smallest absolute Gasteiger partial charge is 0.164 e. The van der Waals surface area contributed by atoms with Crippen molar-refractivity contribution in [2.24, 2.45) is 0 Å². The molecule has 0 aliphatic carbocycles. The number of nitrogens with two attached hydrogens (primary N) is 1. The van der Waals surface area contributed by atoms with Crippen LogP contribution in [0.15, 0.2) is 36.4 Å². The van der Waals surface area contributed by atoms with Gasteiger partial charge in [-0.25, -0.2) is 0 Å². The van der Waals surface area contributed by atoms with E-state index < -0.39 is 0 Å². The van der Waals surface area contributed by atoms with Crippen LogP contribution in [0.3, 0.4) is 0 Å². The van der Waals surface area contributed by atoms with Gasteiger partial charge in [-0.2, -0.15) is 0 Å². The molecule has 2 rings (SSSR count). The number of rotatable bonds is 5. The molecule has 0 aliphatic rings. The average Bonchev–Trinajstić information content (AvgIpc) is 2.42. The molecule has 2 N–H and O–H groups in total. The first kappa shape index (κ1) is 15.0. The molecule has 3 nitrogen and oxygen atoms in total. The molecule has 0 spiro atoms. The van der Waals surface area contributed by atoms with Crippen LogP contribution < -0.4 is 10.5 Å². The fraction of sp³-hybridized carbons (Fsp3) is 0.200. The minimum absolute atomic E-state index is 0.387. The van der Waals surface area contributed by atoms with E-state index in [1.165, 1.54) is 5.56 Å². The van der Waals surface area contributed by atoms with Crippen LogP contribution in [0.2, 0.25) is 10.0 Å². The molecule has 0 amide bonds. The van der Waals surface area contributed by atoms with Crippen LogP contribution in [0.4, 0.5) is 5.69 Å². The largest absolute Gasteiger partial charge is 0.454 e. The number of hydrogen-bond acceptors (Lipinski definition) is 3. The van der Waals surface area contributed by atoms with Crippen LogP contribution >= 0.6 is 23.2 Å². The number of benzene rings is 2. The lowest BCUT2D eigenvalue weighted by Crippen LogP contribution is -1.94. The van der Waals surface area contributed by atoms with Crippen molar-refractivity contribution in [2.45, 2.75) is 6.42 Å². The van der Waals surface area contributed by atoms with Crippen LogP contribution in [0.5, 0.6) is 11.5 Å². The van der Waals surface area contributed by atoms with E-state index in [1.807, 2.05) is 24.3 Å². The van der Waals surface area contributed by atoms with Gasteiger partial charge in [0.2, 0.25) is 0 Å². The maximum Gasteiger partial charge on any atom is 0.164 e. The summed E-state index contributed by atoms with van der Waals surface area (Å²) in [6.07, 6.45) is 0.861. The van der Waals surface area contributed by atoms with Gasteiger partial charge >= 0.3 is 0 Å². The molecular weight excluding hydrogens is 297 g/mol. The third-order valence-electron chi connectivity index (χ3n) is 2.76. The Morgan fingerprint density at radius 2 is 1.65 bits per heavy atom. The molecule has 0 unspecified atom stereocenters. The highest BCUT2D eigenvalue weighted by molar-refractivity contribution is 6.37. The van der Waals surface area contributed by atoms with Crippen LogP contribution in [0.1, 0.15) is 5.56 Å². The van der Waals surface area contributed by atoms with Gasteiger partial charge in [0.15, 0.2) is 5.75 Å². The van der Waals surface area contributed by atoms with Gasteiger partial charge in [-0.1, -0.05) is 35.3 Å². The van der Waals surface area contributed by atoms with Crippen molar-refractivity contribution >= 4 is 28.9 Å². The first-order valence-electron chi connectivity index (χ1n) is 6.10. The number of ether oxygens (including phenoxy) is 2. The molecular formula is C15H15Cl2NO2. The highest BCUT2D eigenvalue weighted by atomic mass is 35.5. The molecule has 0 fully saturated rings. The zero-order chi connectivity index (χ0) is 14.5. The highest BCUT2D eigenvalue weighted by Crippen LogP contribution is 2.38. The first-order chi connectivity index (χ1) is 9.60. The standard InChI is InChI=1S/C15H15Cl2NO2/c1-19-7-6-10-2-4-12(5-3-10)20-15-13(16)8-11(18)9-14(15)17/h2-5,8-9H,6-7,18H2,1H3. The van der Waals surface area contributed by atoms with E-state index in [2.05, 4.69) is 0 Å². The minimum atomic E-state index is 0.387. The first-order valence-corrected chi connectivity index (χ1v) is 6.86. The van der Waals surface area contributed by atoms with Crippen molar-refractivity contribution < 1.29 is 9.47 Å². The monoisotopic (exact) mass is 311 g/mol. The van der Waals surface area contributed by atoms with Gasteiger partial charge < -0.3 is 15.2 Å². The van der Waals surface area contributed by atoms with Crippen molar-refractivity contribution in [3.63, 3.8) is 0 Å². The molecule has 0 heterocycles. The Hall–Kier alpha value is -1.42. The summed E-state index contributed by atoms with van der Waals surface area (Å²) in [6, 6.07) is 10.9. The summed E-state index contributed by atoms with van der Waals surface area (Å²) in [6.45, 7) is 0.690. The van der Waals surface area contributed by atoms with Crippen molar-refractivity contribution in [1.82, 2.24) is 0 Å². The second-order valence-corrected chi connectivity index (χ2v) is 5.12. The molecule has 5 heteroatoms. The fourth-order valence-corrected chi connectivity index (χ4v) is 2.32. The van der Waals surface area contributed by atoms with Crippen LogP contribution in [-0.4, -0.2) is 13.7 Å². The fourth-order valence-electron chi connectivity index (χ4n) is 1.74. The predicted molar refractivity (Wildman–Crippen MR) is 83.0 cm³/mol. The third kappa shape index (κ3) is 3.79. The summed E-state index contributed by atoms with van der Waals surface area (Å²) in [7, 11) is 1.68. The Morgan fingerprint density at radius 3 is 2.20 bits per heavy atom. The van der Waals surface area contributed by atoms with E-state index in [1.54, 1.807) is 19.2 Å². The molecule has 0 atom stereocenters. The van der Waals surface area contributed by atoms with Gasteiger partial charge in [-0.15, -0.1) is 0 Å². The van der Waals surface area contributed by atoms with E-state index in [-0.39, 0.29) is 0 Å². The Kier molecular flexibility index (Phi) is 5.12. The molecule has 20 heavy (non-hydrogen) atoms. The number of halogens is 2. The van der Waals surface area contributed by atoms with Crippen molar-refractivity contribution in [3.8, 4) is 11.5 Å². The third-order valence-corrected chi connectivity index (χ3v) is 3.32. The molecule has 106 valence electrons. The number of nitrogen functional groups attached to an aromatic ring is 1. The SMILES string of the molecule is COCCc1ccc(Oc2c(Cl)cc(N)cc2Cl)cc1. The Labute approximate surface area is 128 Å². The summed E-state index contributed by atoms with van der Waals surface area (Å²) in [5.41, 5.74) is 7.33. The van der Waals surface area contributed by atoms with Gasteiger partial charge in [0, 0.05) is 12.8 Å². The highest BCUT2D eigenvalue weighted by Gasteiger charge is 2.10. The normalized spacial score (nSPS) is 10.6. The number of hydrogen-bond donors (Lipinski definition) is 1. The van der Waals surface area contributed by atoms with Gasteiger partial charge in [0.25, 0.3) is 0 Å². The van der Waals surface area contributed by atoms with E-state index in [0.717, 1.165) is 6.42 Å². The molecule has 0 saturated heterocycles. The molecule has 0 aliphatic heterocycles. The number of methoxy groups -OCH3 is 1. The molecule has 0 saturated carbocycles. The van der Waals surface area contributed by atoms with E-state index in [0.29, 0.717) is 33.8 Å². The summed E-state index contributed by atoms with van der Waals surface area (Å²) in [5, 5.41) is 0.775. The number of anilines is 1. The lowest BCUT2D eigenvalue weighted by Gasteiger charge is -2.11. The average molecular weight is 312 g/mol. The molecule has 0 bridgehead atoms. The van der Waals surface area contributed by atoms with Crippen LogP contribution in [0.25, 0.3) is 0 Å². The van der Waals surface area contributed by atoms with Gasteiger partial charge in [-0.3, -0.25) is 0 Å². The van der Waals surface area contributed by atoms with E-state index in [9.17, 15) is 0 Å². The van der Waals surface area contributed by atoms with Crippen molar-refractivity contribution in [1.29, 1.82) is 0 Å². The van der Waals surface area contributed by atoms with Crippen molar-refractivity contribution in [3.05, 3.63) is 52.0 Å². The second kappa shape index (κ2) is 6.84. The quantitative estimate of drug-likeness (QED) is 0.823. The van der Waals surface area contributed by atoms with Crippen molar-refractivity contribution in [2.75, 3.05) is 19.5 Å². The maximum atomic E-state index is 6.08. The molecule has 0 radical (unpaired) electrons. The minimum Gasteiger partial charge on any atom is -0.454 e. The lowest BCUT2D eigenvalue weighted by molar-refractivity contribution is 0.202. The zero-order valence-electron chi connectivity index (χ0n) is 11.0. The maximum absolute atomic E-state index is 6.08. The van der Waals surface area contributed by atoms with Crippen LogP contribution in [0, 0.1) is 0 Å². The Bertz CT molecular complexity index is 562. The summed E-state index contributed by atoms with van der Waals surface area (Å²) in [4.78, 5) is 0. The topological polar surface area (TPSA) is 44.5 Å². The lowest BCUT2D eigenvalue weighted by atomic mass is 10.1. The van der Waals surface area contributed by atoms with E-state index >= 15 is 0 Å². The van der Waals surface area contributed by atoms with Gasteiger partial charge in [0.05, 0.1) is 16.7 Å². The Balaban J connectivity index is 2.14.